The number of carbonyl (C=O) groups excluding carboxylic acids is 1. The third kappa shape index (κ3) is 4.61. The molecule has 0 spiro atoms. The molecule has 0 aliphatic heterocycles. The first-order valence-corrected chi connectivity index (χ1v) is 4.24. The van der Waals surface area contributed by atoms with E-state index in [1.165, 1.54) is 0 Å². The molecule has 0 aromatic rings. The van der Waals surface area contributed by atoms with Crippen LogP contribution in [-0.4, -0.2) is 22.5 Å². The van der Waals surface area contributed by atoms with Gasteiger partial charge in [0.05, 0.1) is 5.71 Å². The van der Waals surface area contributed by atoms with Crippen molar-refractivity contribution in [3.63, 3.8) is 0 Å². The minimum atomic E-state index is -1.17. The maximum atomic E-state index is 10.4. The van der Waals surface area contributed by atoms with E-state index in [0.717, 1.165) is 5.57 Å². The van der Waals surface area contributed by atoms with Gasteiger partial charge in [-0.25, -0.2) is 10.2 Å². The lowest BCUT2D eigenvalue weighted by molar-refractivity contribution is 0.182. The van der Waals surface area contributed by atoms with Crippen molar-refractivity contribution in [2.45, 2.75) is 33.3 Å². The molecule has 0 heterocycles. The predicted molar refractivity (Wildman–Crippen MR) is 55.9 cm³/mol. The summed E-state index contributed by atoms with van der Waals surface area (Å²) in [6.45, 7) is 6.92. The fraction of sp³-hybridized carbons (Fsp3) is 0.556. The molecular weight excluding hydrogens is 182 g/mol. The van der Waals surface area contributed by atoms with Crippen LogP contribution in [0.4, 0.5) is 4.79 Å². The van der Waals surface area contributed by atoms with Crippen molar-refractivity contribution in [2.24, 2.45) is 10.8 Å². The molecule has 0 rings (SSSR count). The lowest BCUT2D eigenvalue weighted by atomic mass is 9.99. The maximum Gasteiger partial charge on any atom is 0.332 e. The molecule has 0 aliphatic carbocycles. The molecule has 5 heteroatoms. The fourth-order valence-corrected chi connectivity index (χ4v) is 0.919. The molecule has 0 fully saturated rings. The SMILES string of the molecule is CC(C)=CC(C)(O)/C(C)=N/NC(N)=O. The summed E-state index contributed by atoms with van der Waals surface area (Å²) in [6, 6.07) is -0.752. The maximum absolute atomic E-state index is 10.4. The van der Waals surface area contributed by atoms with E-state index < -0.39 is 11.6 Å². The Balaban J connectivity index is 4.65. The highest BCUT2D eigenvalue weighted by molar-refractivity contribution is 5.92. The van der Waals surface area contributed by atoms with E-state index >= 15 is 0 Å². The quantitative estimate of drug-likeness (QED) is 0.356. The first kappa shape index (κ1) is 12.6. The number of carbonyl (C=O) groups is 1. The minimum absolute atomic E-state index is 0.373. The van der Waals surface area contributed by atoms with E-state index in [1.807, 2.05) is 13.8 Å². The first-order valence-electron chi connectivity index (χ1n) is 4.24. The Morgan fingerprint density at radius 3 is 2.36 bits per heavy atom. The third-order valence-electron chi connectivity index (χ3n) is 1.64. The molecule has 14 heavy (non-hydrogen) atoms. The molecule has 80 valence electrons. The number of nitrogens with two attached hydrogens (primary N) is 1. The molecule has 1 unspecified atom stereocenters. The van der Waals surface area contributed by atoms with Crippen molar-refractivity contribution in [3.8, 4) is 0 Å². The zero-order chi connectivity index (χ0) is 11.4. The Kier molecular flexibility index (Phi) is 4.30. The van der Waals surface area contributed by atoms with Crippen LogP contribution in [0.3, 0.4) is 0 Å². The van der Waals surface area contributed by atoms with Gasteiger partial charge in [0.15, 0.2) is 0 Å². The zero-order valence-electron chi connectivity index (χ0n) is 8.96. The van der Waals surface area contributed by atoms with Gasteiger partial charge in [-0.05, 0) is 33.8 Å². The molecule has 1 atom stereocenters. The molecule has 0 radical (unpaired) electrons. The number of primary amides is 1. The molecule has 5 nitrogen and oxygen atoms in total. The number of nitrogens with zero attached hydrogens (tertiary/aromatic N) is 1. The van der Waals surface area contributed by atoms with Gasteiger partial charge < -0.3 is 10.8 Å². The van der Waals surface area contributed by atoms with Gasteiger partial charge in [-0.2, -0.15) is 5.10 Å². The highest BCUT2D eigenvalue weighted by Crippen LogP contribution is 2.10. The second-order valence-electron chi connectivity index (χ2n) is 3.54. The van der Waals surface area contributed by atoms with Gasteiger partial charge in [0, 0.05) is 0 Å². The van der Waals surface area contributed by atoms with Gasteiger partial charge in [-0.15, -0.1) is 0 Å². The lowest BCUT2D eigenvalue weighted by Crippen LogP contribution is -2.34. The summed E-state index contributed by atoms with van der Waals surface area (Å²) < 4.78 is 0. The van der Waals surface area contributed by atoms with Crippen LogP contribution in [0.25, 0.3) is 0 Å². The average Bonchev–Trinajstić information content (AvgIpc) is 1.97. The molecule has 0 bridgehead atoms. The van der Waals surface area contributed by atoms with Crippen LogP contribution in [0.15, 0.2) is 16.8 Å². The number of hydrogen-bond acceptors (Lipinski definition) is 3. The summed E-state index contributed by atoms with van der Waals surface area (Å²) in [4.78, 5) is 10.4. The summed E-state index contributed by atoms with van der Waals surface area (Å²) in [5.74, 6) is 0. The summed E-state index contributed by atoms with van der Waals surface area (Å²) >= 11 is 0. The average molecular weight is 199 g/mol. The predicted octanol–water partition coefficient (Wildman–Crippen LogP) is 0.748. The van der Waals surface area contributed by atoms with Crippen molar-refractivity contribution < 1.29 is 9.90 Å². The number of rotatable bonds is 3. The summed E-state index contributed by atoms with van der Waals surface area (Å²) in [5, 5.41) is 13.5. The van der Waals surface area contributed by atoms with E-state index in [0.29, 0.717) is 5.71 Å². The number of hydrazone groups is 1. The van der Waals surface area contributed by atoms with Gasteiger partial charge in [-0.1, -0.05) is 5.57 Å². The number of hydrogen-bond donors (Lipinski definition) is 3. The van der Waals surface area contributed by atoms with Crippen molar-refractivity contribution in [3.05, 3.63) is 11.6 Å². The lowest BCUT2D eigenvalue weighted by Gasteiger charge is -2.19. The molecule has 2 amide bonds. The summed E-state index contributed by atoms with van der Waals surface area (Å²) in [7, 11) is 0. The van der Waals surface area contributed by atoms with Gasteiger partial charge in [0.25, 0.3) is 0 Å². The van der Waals surface area contributed by atoms with Crippen molar-refractivity contribution in [2.75, 3.05) is 0 Å². The Morgan fingerprint density at radius 2 is 2.00 bits per heavy atom. The van der Waals surface area contributed by atoms with E-state index in [4.69, 9.17) is 5.73 Å². The smallest absolute Gasteiger partial charge is 0.332 e. The molecule has 0 saturated heterocycles. The van der Waals surface area contributed by atoms with Crippen LogP contribution in [-0.2, 0) is 0 Å². The molecule has 0 aromatic carbocycles. The van der Waals surface area contributed by atoms with E-state index in [2.05, 4.69) is 10.5 Å². The van der Waals surface area contributed by atoms with Crippen LogP contribution in [0.2, 0.25) is 0 Å². The molecule has 0 aliphatic rings. The van der Waals surface area contributed by atoms with Crippen molar-refractivity contribution >= 4 is 11.7 Å². The monoisotopic (exact) mass is 199 g/mol. The Morgan fingerprint density at radius 1 is 1.50 bits per heavy atom. The molecule has 0 saturated carbocycles. The van der Waals surface area contributed by atoms with Crippen LogP contribution in [0.1, 0.15) is 27.7 Å². The third-order valence-corrected chi connectivity index (χ3v) is 1.64. The normalized spacial score (nSPS) is 15.6. The number of urea groups is 1. The molecule has 0 aromatic heterocycles. The highest BCUT2D eigenvalue weighted by Gasteiger charge is 2.21. The van der Waals surface area contributed by atoms with E-state index in [-0.39, 0.29) is 0 Å². The van der Waals surface area contributed by atoms with Crippen LogP contribution >= 0.6 is 0 Å². The number of amides is 2. The first-order chi connectivity index (χ1) is 6.25. The molecular formula is C9H17N3O2. The standard InChI is InChI=1S/C9H17N3O2/c1-6(2)5-9(4,14)7(3)11-12-8(10)13/h5,14H,1-4H3,(H3,10,12,13)/b11-7+. The Labute approximate surface area is 83.7 Å². The minimum Gasteiger partial charge on any atom is -0.380 e. The Bertz CT molecular complexity index is 276. The second-order valence-corrected chi connectivity index (χ2v) is 3.54. The van der Waals surface area contributed by atoms with Crippen LogP contribution in [0.5, 0.6) is 0 Å². The number of allylic oxidation sites excluding steroid dienone is 1. The topological polar surface area (TPSA) is 87.7 Å². The van der Waals surface area contributed by atoms with Gasteiger partial charge >= 0.3 is 6.03 Å². The summed E-state index contributed by atoms with van der Waals surface area (Å²) in [5.41, 5.74) is 7.06. The van der Waals surface area contributed by atoms with Crippen LogP contribution < -0.4 is 11.2 Å². The van der Waals surface area contributed by atoms with Crippen molar-refractivity contribution in [1.29, 1.82) is 0 Å². The number of aliphatic hydroxyl groups is 1. The van der Waals surface area contributed by atoms with Crippen LogP contribution in [0, 0.1) is 0 Å². The molecule has 4 N–H and O–H groups in total. The van der Waals surface area contributed by atoms with Gasteiger partial charge in [0.2, 0.25) is 0 Å². The van der Waals surface area contributed by atoms with E-state index in [9.17, 15) is 9.90 Å². The summed E-state index contributed by atoms with van der Waals surface area (Å²) in [6.07, 6.45) is 1.65. The number of nitrogens with one attached hydrogen (secondary N) is 1. The van der Waals surface area contributed by atoms with Gasteiger partial charge in [0.1, 0.15) is 5.60 Å². The largest absolute Gasteiger partial charge is 0.380 e. The fourth-order valence-electron chi connectivity index (χ4n) is 0.919. The highest BCUT2D eigenvalue weighted by atomic mass is 16.3. The Hall–Kier alpha value is -1.36. The second kappa shape index (κ2) is 4.76. The van der Waals surface area contributed by atoms with E-state index in [1.54, 1.807) is 19.9 Å². The zero-order valence-corrected chi connectivity index (χ0v) is 8.96. The van der Waals surface area contributed by atoms with Crippen molar-refractivity contribution in [1.82, 2.24) is 5.43 Å². The van der Waals surface area contributed by atoms with Gasteiger partial charge in [-0.3, -0.25) is 0 Å².